The van der Waals surface area contributed by atoms with E-state index in [0.717, 1.165) is 12.1 Å². The number of carbonyl (C=O) groups is 1. The molecular weight excluding hydrogens is 201 g/mol. The maximum absolute atomic E-state index is 12.6. The highest BCUT2D eigenvalue weighted by Crippen LogP contribution is 2.17. The number of aromatic hydroxyl groups is 1. The Morgan fingerprint density at radius 1 is 1.60 bits per heavy atom. The van der Waals surface area contributed by atoms with Crippen LogP contribution in [0.25, 0.3) is 0 Å². The van der Waals surface area contributed by atoms with E-state index in [1.165, 1.54) is 13.0 Å². The fraction of sp³-hybridized carbons (Fsp3) is 0.300. The van der Waals surface area contributed by atoms with Crippen molar-refractivity contribution in [3.8, 4) is 5.75 Å². The van der Waals surface area contributed by atoms with Crippen molar-refractivity contribution in [2.75, 3.05) is 6.54 Å². The highest BCUT2D eigenvalue weighted by molar-refractivity contribution is 5.96. The number of rotatable bonds is 3. The fourth-order valence-electron chi connectivity index (χ4n) is 1.03. The minimum atomic E-state index is -0.670. The summed E-state index contributed by atoms with van der Waals surface area (Å²) in [7, 11) is 0. The molecule has 0 radical (unpaired) electrons. The van der Waals surface area contributed by atoms with Crippen LogP contribution < -0.4 is 5.32 Å². The lowest BCUT2D eigenvalue weighted by Crippen LogP contribution is -2.30. The molecule has 3 N–H and O–H groups in total. The van der Waals surface area contributed by atoms with Crippen LogP contribution in [0.2, 0.25) is 0 Å². The largest absolute Gasteiger partial charge is 0.507 e. The molecule has 0 fully saturated rings. The fourth-order valence-corrected chi connectivity index (χ4v) is 1.03. The number of benzene rings is 1. The van der Waals surface area contributed by atoms with Gasteiger partial charge in [0.05, 0.1) is 11.7 Å². The maximum Gasteiger partial charge on any atom is 0.255 e. The Kier molecular flexibility index (Phi) is 3.62. The summed E-state index contributed by atoms with van der Waals surface area (Å²) < 4.78 is 12.6. The van der Waals surface area contributed by atoms with Gasteiger partial charge in [0.2, 0.25) is 0 Å². The molecule has 82 valence electrons. The molecule has 1 amide bonds. The van der Waals surface area contributed by atoms with Crippen LogP contribution in [0.4, 0.5) is 4.39 Å². The molecule has 5 heteroatoms. The zero-order chi connectivity index (χ0) is 11.4. The molecule has 15 heavy (non-hydrogen) atoms. The van der Waals surface area contributed by atoms with Gasteiger partial charge in [0.15, 0.2) is 0 Å². The Balaban J connectivity index is 2.74. The van der Waals surface area contributed by atoms with Gasteiger partial charge in [-0.15, -0.1) is 0 Å². The molecule has 0 aliphatic heterocycles. The quantitative estimate of drug-likeness (QED) is 0.690. The first-order valence-electron chi connectivity index (χ1n) is 4.45. The molecule has 1 rings (SSSR count). The lowest BCUT2D eigenvalue weighted by Gasteiger charge is -2.08. The first-order chi connectivity index (χ1) is 7.00. The number of hydrogen-bond acceptors (Lipinski definition) is 3. The summed E-state index contributed by atoms with van der Waals surface area (Å²) in [6.45, 7) is 1.60. The number of aliphatic hydroxyl groups excluding tert-OH is 1. The number of phenolic OH excluding ortho intramolecular Hbond substituents is 1. The van der Waals surface area contributed by atoms with Crippen LogP contribution in [-0.4, -0.2) is 28.8 Å². The molecule has 0 bridgehead atoms. The molecule has 1 aromatic rings. The van der Waals surface area contributed by atoms with Crippen LogP contribution >= 0.6 is 0 Å². The Labute approximate surface area is 86.4 Å². The average Bonchev–Trinajstić information content (AvgIpc) is 2.14. The van der Waals surface area contributed by atoms with Crippen LogP contribution in [0.15, 0.2) is 18.2 Å². The number of amides is 1. The van der Waals surface area contributed by atoms with Crippen LogP contribution in [0.5, 0.6) is 5.75 Å². The molecule has 0 spiro atoms. The summed E-state index contributed by atoms with van der Waals surface area (Å²) in [5, 5.41) is 20.6. The molecule has 0 aliphatic rings. The Bertz CT molecular complexity index is 366. The number of halogens is 1. The Hall–Kier alpha value is -1.62. The molecule has 0 saturated carbocycles. The van der Waals surface area contributed by atoms with Crippen molar-refractivity contribution in [2.45, 2.75) is 13.0 Å². The minimum Gasteiger partial charge on any atom is -0.507 e. The van der Waals surface area contributed by atoms with Gasteiger partial charge in [-0.25, -0.2) is 4.39 Å². The number of aliphatic hydroxyl groups is 1. The van der Waals surface area contributed by atoms with Crippen molar-refractivity contribution in [3.63, 3.8) is 0 Å². The molecule has 1 atom stereocenters. The van der Waals surface area contributed by atoms with E-state index in [9.17, 15) is 14.3 Å². The topological polar surface area (TPSA) is 69.6 Å². The van der Waals surface area contributed by atoms with Crippen molar-refractivity contribution in [1.29, 1.82) is 0 Å². The molecule has 0 saturated heterocycles. The van der Waals surface area contributed by atoms with E-state index in [4.69, 9.17) is 5.11 Å². The van der Waals surface area contributed by atoms with E-state index >= 15 is 0 Å². The van der Waals surface area contributed by atoms with Gasteiger partial charge in [0.25, 0.3) is 5.91 Å². The highest BCUT2D eigenvalue weighted by atomic mass is 19.1. The average molecular weight is 213 g/mol. The molecule has 1 aromatic carbocycles. The third-order valence-corrected chi connectivity index (χ3v) is 1.76. The predicted octanol–water partition coefficient (Wildman–Crippen LogP) is 0.642. The number of hydrogen-bond donors (Lipinski definition) is 3. The van der Waals surface area contributed by atoms with E-state index < -0.39 is 23.6 Å². The summed E-state index contributed by atoms with van der Waals surface area (Å²) in [6, 6.07) is 3.12. The van der Waals surface area contributed by atoms with Crippen LogP contribution in [-0.2, 0) is 0 Å². The van der Waals surface area contributed by atoms with E-state index in [1.54, 1.807) is 0 Å². The van der Waals surface area contributed by atoms with Gasteiger partial charge in [-0.3, -0.25) is 4.79 Å². The number of carbonyl (C=O) groups excluding carboxylic acids is 1. The lowest BCUT2D eigenvalue weighted by atomic mass is 10.2. The standard InChI is InChI=1S/C10H12FNO3/c1-6(13)5-12-10(15)8-3-2-7(11)4-9(8)14/h2-4,6,13-14H,5H2,1H3,(H,12,15). The monoisotopic (exact) mass is 213 g/mol. The molecule has 1 unspecified atom stereocenters. The summed E-state index contributed by atoms with van der Waals surface area (Å²) >= 11 is 0. The molecule has 4 nitrogen and oxygen atoms in total. The molecule has 0 aliphatic carbocycles. The number of nitrogens with one attached hydrogen (secondary N) is 1. The van der Waals surface area contributed by atoms with Gasteiger partial charge >= 0.3 is 0 Å². The van der Waals surface area contributed by atoms with E-state index in [-0.39, 0.29) is 12.1 Å². The SMILES string of the molecule is CC(O)CNC(=O)c1ccc(F)cc1O. The van der Waals surface area contributed by atoms with Crippen molar-refractivity contribution >= 4 is 5.91 Å². The zero-order valence-corrected chi connectivity index (χ0v) is 8.20. The van der Waals surface area contributed by atoms with Gasteiger partial charge in [-0.2, -0.15) is 0 Å². The van der Waals surface area contributed by atoms with Crippen LogP contribution in [0.3, 0.4) is 0 Å². The lowest BCUT2D eigenvalue weighted by molar-refractivity contribution is 0.0921. The summed E-state index contributed by atoms with van der Waals surface area (Å²) in [4.78, 5) is 11.4. The van der Waals surface area contributed by atoms with Gasteiger partial charge in [0, 0.05) is 12.6 Å². The first-order valence-corrected chi connectivity index (χ1v) is 4.45. The van der Waals surface area contributed by atoms with Crippen molar-refractivity contribution < 1.29 is 19.4 Å². The predicted molar refractivity (Wildman–Crippen MR) is 52.1 cm³/mol. The van der Waals surface area contributed by atoms with Crippen LogP contribution in [0.1, 0.15) is 17.3 Å². The third-order valence-electron chi connectivity index (χ3n) is 1.76. The van der Waals surface area contributed by atoms with Gasteiger partial charge in [-0.05, 0) is 19.1 Å². The second-order valence-electron chi connectivity index (χ2n) is 3.22. The number of phenols is 1. The normalized spacial score (nSPS) is 12.2. The Morgan fingerprint density at radius 2 is 2.27 bits per heavy atom. The zero-order valence-electron chi connectivity index (χ0n) is 8.20. The summed E-state index contributed by atoms with van der Waals surface area (Å²) in [5.41, 5.74) is -0.0166. The summed E-state index contributed by atoms with van der Waals surface area (Å²) in [5.74, 6) is -1.58. The second-order valence-corrected chi connectivity index (χ2v) is 3.22. The van der Waals surface area contributed by atoms with Gasteiger partial charge < -0.3 is 15.5 Å². The van der Waals surface area contributed by atoms with Crippen molar-refractivity contribution in [2.24, 2.45) is 0 Å². The van der Waals surface area contributed by atoms with Crippen molar-refractivity contribution in [3.05, 3.63) is 29.6 Å². The molecule has 0 heterocycles. The smallest absolute Gasteiger partial charge is 0.255 e. The third kappa shape index (κ3) is 3.21. The van der Waals surface area contributed by atoms with Gasteiger partial charge in [0.1, 0.15) is 11.6 Å². The Morgan fingerprint density at radius 3 is 2.80 bits per heavy atom. The summed E-state index contributed by atoms with van der Waals surface area (Å²) in [6.07, 6.45) is -0.670. The van der Waals surface area contributed by atoms with Crippen LogP contribution in [0, 0.1) is 5.82 Å². The first kappa shape index (κ1) is 11.5. The second kappa shape index (κ2) is 4.75. The van der Waals surface area contributed by atoms with Crippen molar-refractivity contribution in [1.82, 2.24) is 5.32 Å². The van der Waals surface area contributed by atoms with Gasteiger partial charge in [-0.1, -0.05) is 0 Å². The van der Waals surface area contributed by atoms with E-state index in [2.05, 4.69) is 5.32 Å². The van der Waals surface area contributed by atoms with E-state index in [0.29, 0.717) is 0 Å². The highest BCUT2D eigenvalue weighted by Gasteiger charge is 2.11. The van der Waals surface area contributed by atoms with E-state index in [1.807, 2.05) is 0 Å². The maximum atomic E-state index is 12.6. The molecule has 0 aromatic heterocycles. The molecular formula is C10H12FNO3. The minimum absolute atomic E-state index is 0.0166.